The van der Waals surface area contributed by atoms with Crippen LogP contribution in [0.1, 0.15) is 30.1 Å². The van der Waals surface area contributed by atoms with Crippen molar-refractivity contribution >= 4 is 0 Å². The normalized spacial score (nSPS) is 19.5. The summed E-state index contributed by atoms with van der Waals surface area (Å²) in [6.07, 6.45) is 2.03. The Morgan fingerprint density at radius 1 is 1.37 bits per heavy atom. The molecule has 19 heavy (non-hydrogen) atoms. The van der Waals surface area contributed by atoms with E-state index in [-0.39, 0.29) is 11.7 Å². The highest BCUT2D eigenvalue weighted by Gasteiger charge is 2.22. The topological polar surface area (TPSA) is 68.4 Å². The highest BCUT2D eigenvalue weighted by Crippen LogP contribution is 2.31. The Morgan fingerprint density at radius 3 is 3.05 bits per heavy atom. The molecule has 1 aromatic carbocycles. The molecule has 0 radical (unpaired) electrons. The first-order chi connectivity index (χ1) is 9.24. The van der Waals surface area contributed by atoms with Crippen LogP contribution in [0.15, 0.2) is 22.7 Å². The smallest absolute Gasteiger partial charge is 0.261 e. The lowest BCUT2D eigenvalue weighted by Gasteiger charge is -2.18. The van der Waals surface area contributed by atoms with E-state index in [1.807, 2.05) is 19.1 Å². The maximum absolute atomic E-state index is 9.86. The minimum atomic E-state index is 0.153. The maximum Gasteiger partial charge on any atom is 0.261 e. The predicted octanol–water partition coefficient (Wildman–Crippen LogP) is 2.64. The van der Waals surface area contributed by atoms with Gasteiger partial charge in [0.1, 0.15) is 5.75 Å². The van der Waals surface area contributed by atoms with Gasteiger partial charge in [-0.3, -0.25) is 0 Å². The average Bonchev–Trinajstić information content (AvgIpc) is 2.92. The number of ether oxygens (including phenoxy) is 1. The van der Waals surface area contributed by atoms with Crippen LogP contribution in [0.2, 0.25) is 0 Å². The lowest BCUT2D eigenvalue weighted by Crippen LogP contribution is -2.16. The number of aromatic hydroxyl groups is 1. The molecule has 0 bridgehead atoms. The fourth-order valence-corrected chi connectivity index (χ4v) is 2.28. The summed E-state index contributed by atoms with van der Waals surface area (Å²) in [7, 11) is 0. The van der Waals surface area contributed by atoms with Gasteiger partial charge in [-0.25, -0.2) is 0 Å². The summed E-state index contributed by atoms with van der Waals surface area (Å²) in [5, 5.41) is 13.9. The minimum absolute atomic E-state index is 0.153. The van der Waals surface area contributed by atoms with Gasteiger partial charge in [0.25, 0.3) is 5.89 Å². The molecule has 2 heterocycles. The highest BCUT2D eigenvalue weighted by atomic mass is 16.5. The summed E-state index contributed by atoms with van der Waals surface area (Å²) in [5.41, 5.74) is 1.61. The molecule has 1 aromatic heterocycles. The van der Waals surface area contributed by atoms with Gasteiger partial charge >= 0.3 is 0 Å². The second kappa shape index (κ2) is 5.01. The molecule has 1 saturated heterocycles. The van der Waals surface area contributed by atoms with Gasteiger partial charge in [-0.05, 0) is 31.9 Å². The van der Waals surface area contributed by atoms with Crippen molar-refractivity contribution in [3.8, 4) is 17.2 Å². The summed E-state index contributed by atoms with van der Waals surface area (Å²) in [6, 6.07) is 5.31. The molecule has 1 N–H and O–H groups in total. The third kappa shape index (κ3) is 2.46. The van der Waals surface area contributed by atoms with E-state index in [0.29, 0.717) is 23.9 Å². The number of hydrogen-bond donors (Lipinski definition) is 1. The van der Waals surface area contributed by atoms with Gasteiger partial charge in [-0.2, -0.15) is 4.98 Å². The fourth-order valence-electron chi connectivity index (χ4n) is 2.28. The molecule has 0 amide bonds. The van der Waals surface area contributed by atoms with E-state index in [0.717, 1.165) is 25.0 Å². The first kappa shape index (κ1) is 12.2. The molecule has 0 aliphatic carbocycles. The van der Waals surface area contributed by atoms with Crippen LogP contribution in [0.25, 0.3) is 11.5 Å². The molecular weight excluding hydrogens is 244 g/mol. The summed E-state index contributed by atoms with van der Waals surface area (Å²) in [6.45, 7) is 3.40. The molecule has 1 atom stereocenters. The second-order valence-electron chi connectivity index (χ2n) is 4.89. The molecule has 5 heteroatoms. The molecule has 1 fully saturated rings. The largest absolute Gasteiger partial charge is 0.507 e. The van der Waals surface area contributed by atoms with Gasteiger partial charge in [-0.15, -0.1) is 0 Å². The number of aromatic nitrogens is 2. The predicted molar refractivity (Wildman–Crippen MR) is 68.9 cm³/mol. The quantitative estimate of drug-likeness (QED) is 0.899. The van der Waals surface area contributed by atoms with Crippen LogP contribution in [0.3, 0.4) is 0 Å². The Bertz CT molecular complexity index is 574. The molecule has 5 nitrogen and oxygen atoms in total. The molecule has 1 aliphatic heterocycles. The zero-order chi connectivity index (χ0) is 13.2. The number of rotatable bonds is 2. The number of benzene rings is 1. The Balaban J connectivity index is 1.89. The molecule has 0 saturated carbocycles. The number of phenolic OH excluding ortho intramolecular Hbond substituents is 1. The summed E-state index contributed by atoms with van der Waals surface area (Å²) < 4.78 is 10.7. The zero-order valence-corrected chi connectivity index (χ0v) is 10.8. The van der Waals surface area contributed by atoms with E-state index >= 15 is 0 Å². The van der Waals surface area contributed by atoms with Gasteiger partial charge < -0.3 is 14.4 Å². The van der Waals surface area contributed by atoms with Crippen molar-refractivity contribution in [2.24, 2.45) is 0 Å². The van der Waals surface area contributed by atoms with Crippen molar-refractivity contribution < 1.29 is 14.4 Å². The Hall–Kier alpha value is -1.88. The molecule has 0 spiro atoms. The second-order valence-corrected chi connectivity index (χ2v) is 4.89. The van der Waals surface area contributed by atoms with Gasteiger partial charge in [0.2, 0.25) is 0 Å². The lowest BCUT2D eigenvalue weighted by molar-refractivity contribution is 0.0773. The molecule has 2 aromatic rings. The summed E-state index contributed by atoms with van der Waals surface area (Å²) >= 11 is 0. The Kier molecular flexibility index (Phi) is 3.21. The monoisotopic (exact) mass is 260 g/mol. The standard InChI is InChI=1S/C14H16N2O3/c1-9-4-5-12(17)11(7-9)14-15-13(16-19-14)10-3-2-6-18-8-10/h4-5,7,10,17H,2-3,6,8H2,1H3. The van der Waals surface area contributed by atoms with E-state index in [1.54, 1.807) is 6.07 Å². The molecule has 100 valence electrons. The maximum atomic E-state index is 9.86. The van der Waals surface area contributed by atoms with Crippen molar-refractivity contribution in [1.29, 1.82) is 0 Å². The minimum Gasteiger partial charge on any atom is -0.507 e. The molecule has 1 aliphatic rings. The number of phenols is 1. The molecular formula is C14H16N2O3. The van der Waals surface area contributed by atoms with Crippen LogP contribution >= 0.6 is 0 Å². The van der Waals surface area contributed by atoms with Gasteiger partial charge in [-0.1, -0.05) is 16.8 Å². The molecule has 3 rings (SSSR count). The molecule has 1 unspecified atom stereocenters. The fraction of sp³-hybridized carbons (Fsp3) is 0.429. The average molecular weight is 260 g/mol. The van der Waals surface area contributed by atoms with Crippen molar-refractivity contribution in [1.82, 2.24) is 10.1 Å². The van der Waals surface area contributed by atoms with Crippen molar-refractivity contribution in [3.63, 3.8) is 0 Å². The van der Waals surface area contributed by atoms with Crippen LogP contribution in [0, 0.1) is 6.92 Å². The van der Waals surface area contributed by atoms with Gasteiger partial charge in [0, 0.05) is 12.5 Å². The lowest BCUT2D eigenvalue weighted by atomic mass is 10.0. The van der Waals surface area contributed by atoms with Crippen LogP contribution < -0.4 is 0 Å². The first-order valence-corrected chi connectivity index (χ1v) is 6.45. The van der Waals surface area contributed by atoms with E-state index in [4.69, 9.17) is 9.26 Å². The summed E-state index contributed by atoms with van der Waals surface area (Å²) in [4.78, 5) is 4.39. The third-order valence-electron chi connectivity index (χ3n) is 3.35. The Labute approximate surface area is 111 Å². The summed E-state index contributed by atoms with van der Waals surface area (Å²) in [5.74, 6) is 1.37. The number of hydrogen-bond acceptors (Lipinski definition) is 5. The van der Waals surface area contributed by atoms with Crippen molar-refractivity contribution in [3.05, 3.63) is 29.6 Å². The van der Waals surface area contributed by atoms with E-state index in [9.17, 15) is 5.11 Å². The van der Waals surface area contributed by atoms with E-state index in [1.165, 1.54) is 0 Å². The van der Waals surface area contributed by atoms with Crippen molar-refractivity contribution in [2.45, 2.75) is 25.7 Å². The third-order valence-corrected chi connectivity index (χ3v) is 3.35. The SMILES string of the molecule is Cc1ccc(O)c(-c2nc(C3CCCOC3)no2)c1. The van der Waals surface area contributed by atoms with E-state index < -0.39 is 0 Å². The zero-order valence-electron chi connectivity index (χ0n) is 10.8. The van der Waals surface area contributed by atoms with Crippen LogP contribution in [0.5, 0.6) is 5.75 Å². The number of nitrogens with zero attached hydrogens (tertiary/aromatic N) is 2. The first-order valence-electron chi connectivity index (χ1n) is 6.45. The van der Waals surface area contributed by atoms with Gasteiger partial charge in [0.05, 0.1) is 12.2 Å². The van der Waals surface area contributed by atoms with Crippen LogP contribution in [0.4, 0.5) is 0 Å². The Morgan fingerprint density at radius 2 is 2.26 bits per heavy atom. The van der Waals surface area contributed by atoms with Crippen LogP contribution in [-0.2, 0) is 4.74 Å². The van der Waals surface area contributed by atoms with Gasteiger partial charge in [0.15, 0.2) is 5.82 Å². The van der Waals surface area contributed by atoms with E-state index in [2.05, 4.69) is 10.1 Å². The van der Waals surface area contributed by atoms with Crippen molar-refractivity contribution in [2.75, 3.05) is 13.2 Å². The van der Waals surface area contributed by atoms with Crippen LogP contribution in [-0.4, -0.2) is 28.5 Å². The number of aryl methyl sites for hydroxylation is 1. The highest BCUT2D eigenvalue weighted by molar-refractivity contribution is 5.63.